The van der Waals surface area contributed by atoms with Crippen LogP contribution in [0, 0.1) is 17.0 Å². The second-order valence-electron chi connectivity index (χ2n) is 6.61. The Morgan fingerprint density at radius 2 is 1.97 bits per heavy atom. The first-order valence-corrected chi connectivity index (χ1v) is 11.2. The number of sulfonamides is 1. The fraction of sp³-hybridized carbons (Fsp3) is 0.0500. The molecular formula is C20H13N3O7S2. The maximum atomic E-state index is 13.7. The predicted octanol–water partition coefficient (Wildman–Crippen LogP) is 3.50. The van der Waals surface area contributed by atoms with Crippen molar-refractivity contribution >= 4 is 48.9 Å². The largest absolute Gasteiger partial charge is 0.414 e. The molecule has 0 N–H and O–H groups in total. The standard InChI is InChI=1S/C20H13N3O7S2/c1-12-4-5-15(23(26)27)10-18(12)32(28,29)22(19(24)13-3-2-8-21-11-13)14-6-7-16-17(9-14)31-20(25)30-16/h2-11H,1H3. The van der Waals surface area contributed by atoms with Gasteiger partial charge in [-0.2, -0.15) is 4.31 Å². The quantitative estimate of drug-likeness (QED) is 0.318. The zero-order chi connectivity index (χ0) is 23.0. The number of hydrogen-bond acceptors (Lipinski definition) is 9. The second-order valence-corrected chi connectivity index (χ2v) is 9.34. The van der Waals surface area contributed by atoms with Crippen LogP contribution in [0.4, 0.5) is 11.4 Å². The number of nitro benzene ring substituents is 1. The van der Waals surface area contributed by atoms with Crippen LogP contribution in [0.5, 0.6) is 0 Å². The van der Waals surface area contributed by atoms with Gasteiger partial charge in [-0.15, -0.1) is 0 Å². The van der Waals surface area contributed by atoms with Gasteiger partial charge in [0, 0.05) is 24.5 Å². The van der Waals surface area contributed by atoms with Gasteiger partial charge in [0.2, 0.25) is 0 Å². The van der Waals surface area contributed by atoms with Crippen LogP contribution in [-0.2, 0) is 10.0 Å². The van der Waals surface area contributed by atoms with Crippen LogP contribution in [0.1, 0.15) is 15.9 Å². The summed E-state index contributed by atoms with van der Waals surface area (Å²) in [4.78, 5) is 38.3. The molecule has 2 aromatic carbocycles. The Balaban J connectivity index is 1.96. The van der Waals surface area contributed by atoms with Gasteiger partial charge in [-0.1, -0.05) is 17.4 Å². The van der Waals surface area contributed by atoms with Crippen molar-refractivity contribution in [2.24, 2.45) is 0 Å². The summed E-state index contributed by atoms with van der Waals surface area (Å²) in [5.41, 5.74) is -0.0597. The summed E-state index contributed by atoms with van der Waals surface area (Å²) in [5, 5.41) is 11.2. The molecule has 2 heterocycles. The number of carbonyl (C=O) groups is 1. The number of amides is 1. The Kier molecular flexibility index (Phi) is 5.32. The van der Waals surface area contributed by atoms with Gasteiger partial charge in [-0.3, -0.25) is 19.9 Å². The lowest BCUT2D eigenvalue weighted by molar-refractivity contribution is -0.385. The molecule has 0 saturated carbocycles. The van der Waals surface area contributed by atoms with E-state index in [0.29, 0.717) is 9.01 Å². The number of nitrogens with zero attached hydrogens (tertiary/aromatic N) is 3. The minimum atomic E-state index is -4.60. The summed E-state index contributed by atoms with van der Waals surface area (Å²) >= 11 is 0.751. The molecule has 0 aliphatic carbocycles. The molecule has 2 aromatic heterocycles. The van der Waals surface area contributed by atoms with Gasteiger partial charge in [0.1, 0.15) is 5.58 Å². The molecule has 32 heavy (non-hydrogen) atoms. The number of non-ortho nitro benzene ring substituents is 1. The van der Waals surface area contributed by atoms with E-state index in [-0.39, 0.29) is 22.4 Å². The highest BCUT2D eigenvalue weighted by Crippen LogP contribution is 2.32. The van der Waals surface area contributed by atoms with Crippen LogP contribution in [0.25, 0.3) is 10.3 Å². The highest BCUT2D eigenvalue weighted by Gasteiger charge is 2.34. The third kappa shape index (κ3) is 3.76. The number of pyridine rings is 1. The molecule has 0 saturated heterocycles. The smallest absolute Gasteiger partial charge is 0.396 e. The van der Waals surface area contributed by atoms with E-state index in [1.165, 1.54) is 61.8 Å². The van der Waals surface area contributed by atoms with Crippen LogP contribution in [0.15, 0.2) is 75.0 Å². The molecule has 0 aliphatic heterocycles. The summed E-state index contributed by atoms with van der Waals surface area (Å²) < 4.78 is 33.2. The van der Waals surface area contributed by atoms with Crippen LogP contribution < -0.4 is 9.24 Å². The van der Waals surface area contributed by atoms with E-state index in [1.54, 1.807) is 0 Å². The van der Waals surface area contributed by atoms with Crippen molar-refractivity contribution in [2.75, 3.05) is 4.31 Å². The zero-order valence-corrected chi connectivity index (χ0v) is 17.9. The number of anilines is 1. The molecule has 162 valence electrons. The van der Waals surface area contributed by atoms with Gasteiger partial charge >= 0.3 is 4.94 Å². The van der Waals surface area contributed by atoms with E-state index in [9.17, 15) is 28.1 Å². The average Bonchev–Trinajstić information content (AvgIpc) is 3.13. The van der Waals surface area contributed by atoms with E-state index in [2.05, 4.69) is 4.98 Å². The Hall–Kier alpha value is -3.90. The van der Waals surface area contributed by atoms with Crippen LogP contribution in [0.2, 0.25) is 0 Å². The Morgan fingerprint density at radius 3 is 2.66 bits per heavy atom. The number of benzene rings is 2. The number of carbonyl (C=O) groups excluding carboxylic acids is 1. The van der Waals surface area contributed by atoms with Gasteiger partial charge in [0.15, 0.2) is 0 Å². The minimum absolute atomic E-state index is 0.0142. The number of fused-ring (bicyclic) bond motifs is 1. The van der Waals surface area contributed by atoms with Crippen LogP contribution in [0.3, 0.4) is 0 Å². The molecule has 4 aromatic rings. The number of aryl methyl sites for hydroxylation is 1. The monoisotopic (exact) mass is 471 g/mol. The van der Waals surface area contributed by atoms with Crippen LogP contribution in [-0.4, -0.2) is 24.2 Å². The molecule has 1 amide bonds. The van der Waals surface area contributed by atoms with E-state index < -0.39 is 36.4 Å². The normalized spacial score (nSPS) is 11.4. The fourth-order valence-corrected chi connectivity index (χ4v) is 5.39. The molecule has 12 heteroatoms. The van der Waals surface area contributed by atoms with Crippen molar-refractivity contribution in [3.8, 4) is 0 Å². The van der Waals surface area contributed by atoms with Gasteiger partial charge in [0.25, 0.3) is 21.6 Å². The molecule has 0 bridgehead atoms. The molecule has 0 unspecified atom stereocenters. The van der Waals surface area contributed by atoms with Crippen molar-refractivity contribution < 1.29 is 22.6 Å². The topological polar surface area (TPSA) is 141 Å². The molecule has 0 aliphatic rings. The minimum Gasteiger partial charge on any atom is -0.414 e. The summed E-state index contributed by atoms with van der Waals surface area (Å²) in [6, 6.07) is 10.3. The molecule has 0 radical (unpaired) electrons. The highest BCUT2D eigenvalue weighted by molar-refractivity contribution is 7.93. The number of nitro groups is 1. The van der Waals surface area contributed by atoms with Crippen molar-refractivity contribution in [2.45, 2.75) is 11.8 Å². The number of aromatic nitrogens is 1. The number of hydrogen-bond donors (Lipinski definition) is 0. The molecular weight excluding hydrogens is 458 g/mol. The number of rotatable bonds is 5. The molecule has 0 spiro atoms. The maximum Gasteiger partial charge on any atom is 0.396 e. The Bertz CT molecular complexity index is 1530. The Morgan fingerprint density at radius 1 is 1.19 bits per heavy atom. The van der Waals surface area contributed by atoms with E-state index >= 15 is 0 Å². The molecule has 10 nitrogen and oxygen atoms in total. The highest BCUT2D eigenvalue weighted by atomic mass is 32.2. The lowest BCUT2D eigenvalue weighted by atomic mass is 10.2. The summed E-state index contributed by atoms with van der Waals surface area (Å²) in [7, 11) is -4.60. The first kappa shape index (κ1) is 21.3. The lowest BCUT2D eigenvalue weighted by Crippen LogP contribution is -2.37. The predicted molar refractivity (Wildman–Crippen MR) is 116 cm³/mol. The second kappa shape index (κ2) is 7.98. The van der Waals surface area contributed by atoms with Gasteiger partial charge in [-0.25, -0.2) is 13.2 Å². The summed E-state index contributed by atoms with van der Waals surface area (Å²) in [5.74, 6) is -0.917. The Labute approximate surface area is 184 Å². The van der Waals surface area contributed by atoms with E-state index in [0.717, 1.165) is 17.4 Å². The average molecular weight is 471 g/mol. The van der Waals surface area contributed by atoms with Gasteiger partial charge in [0.05, 0.1) is 25.8 Å². The van der Waals surface area contributed by atoms with Crippen molar-refractivity contribution in [1.29, 1.82) is 0 Å². The lowest BCUT2D eigenvalue weighted by Gasteiger charge is -2.23. The van der Waals surface area contributed by atoms with Crippen molar-refractivity contribution in [3.05, 3.63) is 91.9 Å². The van der Waals surface area contributed by atoms with Gasteiger partial charge in [-0.05, 0) is 42.8 Å². The summed E-state index contributed by atoms with van der Waals surface area (Å²) in [6.45, 7) is 1.47. The van der Waals surface area contributed by atoms with Crippen molar-refractivity contribution in [3.63, 3.8) is 0 Å². The zero-order valence-electron chi connectivity index (χ0n) is 16.3. The van der Waals surface area contributed by atoms with E-state index in [1.807, 2.05) is 0 Å². The first-order chi connectivity index (χ1) is 15.2. The fourth-order valence-electron chi connectivity index (χ4n) is 3.04. The molecule has 4 rings (SSSR count). The SMILES string of the molecule is Cc1ccc([N+](=O)[O-])cc1S(=O)(=O)N(C(=O)c1cccnc1)c1ccc2oc(=O)sc2c1. The van der Waals surface area contributed by atoms with E-state index in [4.69, 9.17) is 4.42 Å². The van der Waals surface area contributed by atoms with Crippen LogP contribution >= 0.6 is 11.3 Å². The third-order valence-electron chi connectivity index (χ3n) is 4.54. The third-order valence-corrected chi connectivity index (χ3v) is 7.18. The maximum absolute atomic E-state index is 13.7. The first-order valence-electron chi connectivity index (χ1n) is 8.97. The molecule has 0 atom stereocenters. The summed E-state index contributed by atoms with van der Waals surface area (Å²) in [6.07, 6.45) is 2.63. The van der Waals surface area contributed by atoms with Crippen molar-refractivity contribution in [1.82, 2.24) is 4.98 Å². The van der Waals surface area contributed by atoms with Gasteiger partial charge < -0.3 is 4.42 Å². The molecule has 0 fully saturated rings.